The number of rotatable bonds is 3. The number of hydrogen-bond acceptors (Lipinski definition) is 4. The van der Waals surface area contributed by atoms with E-state index in [1.54, 1.807) is 10.0 Å². The smallest absolute Gasteiger partial charge is 0.226 e. The zero-order chi connectivity index (χ0) is 16.4. The molecule has 0 aromatic heterocycles. The lowest BCUT2D eigenvalue weighted by Gasteiger charge is -2.47. The average Bonchev–Trinajstić information content (AvgIpc) is 2.56. The number of benzene rings is 2. The third-order valence-electron chi connectivity index (χ3n) is 3.72. The summed E-state index contributed by atoms with van der Waals surface area (Å²) in [6, 6.07) is 19.0. The normalized spacial score (nSPS) is 21.1. The lowest BCUT2D eigenvalue weighted by Crippen LogP contribution is -2.64. The summed E-state index contributed by atoms with van der Waals surface area (Å²) in [6.07, 6.45) is 0. The van der Waals surface area contributed by atoms with Gasteiger partial charge < -0.3 is 5.11 Å². The van der Waals surface area contributed by atoms with Crippen molar-refractivity contribution in [2.75, 3.05) is 14.1 Å². The van der Waals surface area contributed by atoms with Crippen LogP contribution in [0, 0.1) is 0 Å². The van der Waals surface area contributed by atoms with Gasteiger partial charge in [0, 0.05) is 25.2 Å². The Balaban J connectivity index is 2.23. The molecule has 2 aromatic rings. The fourth-order valence-corrected chi connectivity index (χ4v) is 3.08. The van der Waals surface area contributed by atoms with Gasteiger partial charge in [-0.25, -0.2) is 10.0 Å². The molecule has 1 atom stereocenters. The minimum atomic E-state index is -1.49. The molecule has 0 amide bonds. The lowest BCUT2D eigenvalue weighted by atomic mass is 9.91. The molecular weight excluding hydrogens is 308 g/mol. The van der Waals surface area contributed by atoms with Crippen LogP contribution in [0.15, 0.2) is 65.8 Å². The van der Waals surface area contributed by atoms with Crippen molar-refractivity contribution in [3.8, 4) is 0 Å². The molecule has 1 unspecified atom stereocenters. The zero-order valence-electron chi connectivity index (χ0n) is 13.0. The van der Waals surface area contributed by atoms with Gasteiger partial charge in [-0.1, -0.05) is 60.7 Å². The molecule has 23 heavy (non-hydrogen) atoms. The Morgan fingerprint density at radius 3 is 2.17 bits per heavy atom. The van der Waals surface area contributed by atoms with Gasteiger partial charge >= 0.3 is 0 Å². The average molecular weight is 326 g/mol. The lowest BCUT2D eigenvalue weighted by molar-refractivity contribution is -0.111. The van der Waals surface area contributed by atoms with Crippen LogP contribution in [0.25, 0.3) is 0 Å². The van der Waals surface area contributed by atoms with E-state index in [4.69, 9.17) is 12.2 Å². The van der Waals surface area contributed by atoms with Crippen LogP contribution in [0.2, 0.25) is 0 Å². The Morgan fingerprint density at radius 1 is 1.04 bits per heavy atom. The number of nitrogens with zero attached hydrogens (tertiary/aromatic N) is 3. The predicted molar refractivity (Wildman–Crippen MR) is 94.6 cm³/mol. The van der Waals surface area contributed by atoms with Crippen LogP contribution in [-0.4, -0.2) is 40.0 Å². The maximum Gasteiger partial charge on any atom is 0.226 e. The van der Waals surface area contributed by atoms with E-state index in [2.05, 4.69) is 10.5 Å². The Hall–Kier alpha value is -2.28. The minimum Gasteiger partial charge on any atom is -0.361 e. The molecule has 118 valence electrons. The Kier molecular flexibility index (Phi) is 4.12. The minimum absolute atomic E-state index is 0.334. The highest BCUT2D eigenvalue weighted by Crippen LogP contribution is 2.33. The van der Waals surface area contributed by atoms with Gasteiger partial charge in [-0.05, 0) is 12.2 Å². The van der Waals surface area contributed by atoms with Crippen LogP contribution < -0.4 is 5.43 Å². The van der Waals surface area contributed by atoms with E-state index in [0.717, 1.165) is 5.56 Å². The largest absolute Gasteiger partial charge is 0.361 e. The molecule has 1 aliphatic heterocycles. The molecule has 0 bridgehead atoms. The first kappa shape index (κ1) is 15.6. The van der Waals surface area contributed by atoms with Crippen LogP contribution in [0.1, 0.15) is 11.1 Å². The van der Waals surface area contributed by atoms with E-state index < -0.39 is 5.72 Å². The van der Waals surface area contributed by atoms with Gasteiger partial charge in [0.05, 0.1) is 0 Å². The third kappa shape index (κ3) is 2.61. The number of hydrogen-bond donors (Lipinski definition) is 2. The first-order chi connectivity index (χ1) is 11.0. The molecule has 1 heterocycles. The Morgan fingerprint density at radius 2 is 1.61 bits per heavy atom. The van der Waals surface area contributed by atoms with E-state index in [-0.39, 0.29) is 0 Å². The van der Waals surface area contributed by atoms with Gasteiger partial charge in [0.15, 0.2) is 0 Å². The fraction of sp³-hybridized carbons (Fsp3) is 0.176. The second kappa shape index (κ2) is 6.08. The van der Waals surface area contributed by atoms with Gasteiger partial charge in [0.2, 0.25) is 10.8 Å². The molecule has 0 aliphatic carbocycles. The number of aliphatic hydroxyl groups is 1. The molecule has 6 heteroatoms. The molecule has 2 aromatic carbocycles. The van der Waals surface area contributed by atoms with Crippen molar-refractivity contribution in [2.45, 2.75) is 5.72 Å². The highest BCUT2D eigenvalue weighted by atomic mass is 32.1. The van der Waals surface area contributed by atoms with Crippen molar-refractivity contribution >= 4 is 23.0 Å². The quantitative estimate of drug-likeness (QED) is 0.844. The summed E-state index contributed by atoms with van der Waals surface area (Å²) in [6.45, 7) is 0. The topological polar surface area (TPSA) is 51.1 Å². The zero-order valence-corrected chi connectivity index (χ0v) is 13.8. The van der Waals surface area contributed by atoms with E-state index in [1.165, 1.54) is 0 Å². The highest BCUT2D eigenvalue weighted by Gasteiger charge is 2.47. The molecule has 0 saturated carbocycles. The predicted octanol–water partition coefficient (Wildman–Crippen LogP) is 1.90. The molecular formula is C17H18N4OS. The number of nitrogens with one attached hydrogen (secondary N) is 1. The molecule has 0 spiro atoms. The summed E-state index contributed by atoms with van der Waals surface area (Å²) in [4.78, 5) is 0. The van der Waals surface area contributed by atoms with Crippen molar-refractivity contribution in [3.05, 3.63) is 71.8 Å². The highest BCUT2D eigenvalue weighted by molar-refractivity contribution is 7.80. The fourth-order valence-electron chi connectivity index (χ4n) is 2.74. The molecule has 2 N–H and O–H groups in total. The molecule has 3 rings (SSSR count). The third-order valence-corrected chi connectivity index (χ3v) is 3.98. The molecule has 0 saturated heterocycles. The van der Waals surface area contributed by atoms with Crippen LogP contribution in [0.4, 0.5) is 0 Å². The van der Waals surface area contributed by atoms with Crippen molar-refractivity contribution < 1.29 is 5.11 Å². The monoisotopic (exact) mass is 326 g/mol. The van der Waals surface area contributed by atoms with E-state index in [1.807, 2.05) is 74.8 Å². The number of hydrazone groups is 1. The molecule has 0 fully saturated rings. The Labute approximate surface area is 140 Å². The summed E-state index contributed by atoms with van der Waals surface area (Å²) in [5.41, 5.74) is 3.35. The van der Waals surface area contributed by atoms with Gasteiger partial charge in [-0.2, -0.15) is 5.10 Å². The van der Waals surface area contributed by atoms with Gasteiger partial charge in [-0.3, -0.25) is 5.43 Å². The number of hydrazine groups is 1. The summed E-state index contributed by atoms with van der Waals surface area (Å²) in [7, 11) is 3.66. The van der Waals surface area contributed by atoms with Crippen molar-refractivity contribution in [1.29, 1.82) is 0 Å². The van der Waals surface area contributed by atoms with Gasteiger partial charge in [0.1, 0.15) is 5.71 Å². The maximum absolute atomic E-state index is 11.7. The van der Waals surface area contributed by atoms with E-state index in [9.17, 15) is 5.11 Å². The van der Waals surface area contributed by atoms with Crippen LogP contribution >= 0.6 is 12.2 Å². The van der Waals surface area contributed by atoms with Gasteiger partial charge in [0.25, 0.3) is 0 Å². The van der Waals surface area contributed by atoms with E-state index >= 15 is 0 Å². The van der Waals surface area contributed by atoms with Gasteiger partial charge in [-0.15, -0.1) is 0 Å². The van der Waals surface area contributed by atoms with Crippen molar-refractivity contribution in [3.63, 3.8) is 0 Å². The first-order valence-corrected chi connectivity index (χ1v) is 7.65. The molecule has 1 aliphatic rings. The second-order valence-corrected chi connectivity index (χ2v) is 5.83. The SMILES string of the molecule is CN(C)N1C(=S)NN=C(c2ccccc2)C1(O)c1ccccc1. The van der Waals surface area contributed by atoms with Crippen LogP contribution in [0.3, 0.4) is 0 Å². The summed E-state index contributed by atoms with van der Waals surface area (Å²) in [5, 5.41) is 19.7. The van der Waals surface area contributed by atoms with Crippen LogP contribution in [-0.2, 0) is 5.72 Å². The van der Waals surface area contributed by atoms with Crippen molar-refractivity contribution in [1.82, 2.24) is 15.4 Å². The second-order valence-electron chi connectivity index (χ2n) is 5.44. The summed E-state index contributed by atoms with van der Waals surface area (Å²) in [5.74, 6) is 0. The molecule has 5 nitrogen and oxygen atoms in total. The van der Waals surface area contributed by atoms with E-state index in [0.29, 0.717) is 16.4 Å². The van der Waals surface area contributed by atoms with Crippen LogP contribution in [0.5, 0.6) is 0 Å². The maximum atomic E-state index is 11.7. The summed E-state index contributed by atoms with van der Waals surface area (Å²) >= 11 is 5.36. The first-order valence-electron chi connectivity index (χ1n) is 7.24. The standard InChI is InChI=1S/C17H18N4OS/c1-20(2)21-16(23)19-18-15(13-9-5-3-6-10-13)17(21,22)14-11-7-4-8-12-14/h3-12,22H,1-2H3,(H,19,23). The number of thiocarbonyl (C=S) groups is 1. The molecule has 0 radical (unpaired) electrons. The Bertz CT molecular complexity index is 733. The summed E-state index contributed by atoms with van der Waals surface area (Å²) < 4.78 is 0. The van der Waals surface area contributed by atoms with Crippen molar-refractivity contribution in [2.24, 2.45) is 5.10 Å².